The summed E-state index contributed by atoms with van der Waals surface area (Å²) in [6.45, 7) is 5.54. The van der Waals surface area contributed by atoms with E-state index in [2.05, 4.69) is 13.8 Å². The van der Waals surface area contributed by atoms with Gasteiger partial charge in [0.25, 0.3) is 10.0 Å². The van der Waals surface area contributed by atoms with E-state index < -0.39 is 10.0 Å². The van der Waals surface area contributed by atoms with Crippen LogP contribution in [0, 0.1) is 11.8 Å². The van der Waals surface area contributed by atoms with E-state index in [4.69, 9.17) is 5.11 Å². The van der Waals surface area contributed by atoms with E-state index in [0.717, 1.165) is 19.3 Å². The van der Waals surface area contributed by atoms with Crippen LogP contribution in [0.4, 0.5) is 0 Å². The standard InChI is InChI=1S/C14H23NO3S2/c1-11(2)12-4-3-8-15(9-7-12)20(17,18)14-6-5-13(10-16)19-14/h5-6,11-12,16H,3-4,7-10H2,1-2H3. The first kappa shape index (κ1) is 15.9. The van der Waals surface area contributed by atoms with Crippen molar-refractivity contribution in [2.24, 2.45) is 11.8 Å². The van der Waals surface area contributed by atoms with Crippen molar-refractivity contribution in [2.45, 2.75) is 43.9 Å². The van der Waals surface area contributed by atoms with Crippen LogP contribution >= 0.6 is 11.3 Å². The number of hydrogen-bond acceptors (Lipinski definition) is 4. The summed E-state index contributed by atoms with van der Waals surface area (Å²) in [4.78, 5) is 0.693. The molecule has 0 bridgehead atoms. The van der Waals surface area contributed by atoms with Crippen LogP contribution in [0.15, 0.2) is 16.3 Å². The minimum absolute atomic E-state index is 0.102. The zero-order valence-electron chi connectivity index (χ0n) is 12.1. The van der Waals surface area contributed by atoms with Crippen molar-refractivity contribution in [1.29, 1.82) is 0 Å². The molecule has 1 aromatic heterocycles. The highest BCUT2D eigenvalue weighted by molar-refractivity contribution is 7.91. The molecule has 0 spiro atoms. The van der Waals surface area contributed by atoms with Crippen molar-refractivity contribution >= 4 is 21.4 Å². The van der Waals surface area contributed by atoms with Gasteiger partial charge in [-0.2, -0.15) is 4.31 Å². The quantitative estimate of drug-likeness (QED) is 0.929. The lowest BCUT2D eigenvalue weighted by Gasteiger charge is -2.20. The zero-order chi connectivity index (χ0) is 14.8. The summed E-state index contributed by atoms with van der Waals surface area (Å²) in [5, 5.41) is 9.07. The average Bonchev–Trinajstić information content (AvgIpc) is 2.75. The van der Waals surface area contributed by atoms with Gasteiger partial charge in [-0.15, -0.1) is 11.3 Å². The van der Waals surface area contributed by atoms with E-state index in [-0.39, 0.29) is 6.61 Å². The molecule has 1 atom stereocenters. The van der Waals surface area contributed by atoms with Crippen molar-refractivity contribution in [3.05, 3.63) is 17.0 Å². The lowest BCUT2D eigenvalue weighted by atomic mass is 9.89. The molecule has 1 aromatic rings. The number of thiophene rings is 1. The largest absolute Gasteiger partial charge is 0.391 e. The summed E-state index contributed by atoms with van der Waals surface area (Å²) in [5.74, 6) is 1.23. The summed E-state index contributed by atoms with van der Waals surface area (Å²) in [6, 6.07) is 3.29. The summed E-state index contributed by atoms with van der Waals surface area (Å²) in [6.07, 6.45) is 2.98. The highest BCUT2D eigenvalue weighted by Gasteiger charge is 2.29. The molecule has 0 aliphatic carbocycles. The fourth-order valence-corrected chi connectivity index (χ4v) is 5.58. The first-order chi connectivity index (χ1) is 9.45. The van der Waals surface area contributed by atoms with Gasteiger partial charge in [0.2, 0.25) is 0 Å². The fourth-order valence-electron chi connectivity index (χ4n) is 2.71. The molecule has 1 unspecified atom stereocenters. The van der Waals surface area contributed by atoms with Crippen LogP contribution < -0.4 is 0 Å². The minimum atomic E-state index is -3.38. The Kier molecular flexibility index (Phi) is 5.23. The van der Waals surface area contributed by atoms with E-state index >= 15 is 0 Å². The Morgan fingerprint density at radius 2 is 2.10 bits per heavy atom. The molecule has 0 radical (unpaired) electrons. The van der Waals surface area contributed by atoms with Gasteiger partial charge >= 0.3 is 0 Å². The predicted octanol–water partition coefficient (Wildman–Crippen LogP) is 2.69. The third-order valence-corrected chi connectivity index (χ3v) is 7.50. The minimum Gasteiger partial charge on any atom is -0.391 e. The van der Waals surface area contributed by atoms with Gasteiger partial charge in [-0.1, -0.05) is 13.8 Å². The molecule has 0 aromatic carbocycles. The SMILES string of the molecule is CC(C)C1CCCN(S(=O)(=O)c2ccc(CO)s2)CC1. The van der Waals surface area contributed by atoms with Crippen LogP contribution in [-0.2, 0) is 16.6 Å². The molecular weight excluding hydrogens is 294 g/mol. The molecule has 2 heterocycles. The maximum atomic E-state index is 12.6. The molecular formula is C14H23NO3S2. The van der Waals surface area contributed by atoms with Gasteiger partial charge in [0.05, 0.1) is 6.61 Å². The predicted molar refractivity (Wildman–Crippen MR) is 81.2 cm³/mol. The van der Waals surface area contributed by atoms with Crippen molar-refractivity contribution < 1.29 is 13.5 Å². The monoisotopic (exact) mass is 317 g/mol. The number of hydrogen-bond donors (Lipinski definition) is 1. The molecule has 1 N–H and O–H groups in total. The Bertz CT molecular complexity index is 536. The second-order valence-corrected chi connectivity index (χ2v) is 9.05. The van der Waals surface area contributed by atoms with Crippen molar-refractivity contribution in [3.8, 4) is 0 Å². The van der Waals surface area contributed by atoms with Crippen molar-refractivity contribution in [3.63, 3.8) is 0 Å². The van der Waals surface area contributed by atoms with Crippen LogP contribution in [0.5, 0.6) is 0 Å². The van der Waals surface area contributed by atoms with Gasteiger partial charge in [-0.05, 0) is 43.2 Å². The Morgan fingerprint density at radius 1 is 1.35 bits per heavy atom. The first-order valence-corrected chi connectivity index (χ1v) is 9.40. The van der Waals surface area contributed by atoms with Gasteiger partial charge in [0.1, 0.15) is 4.21 Å². The van der Waals surface area contributed by atoms with Crippen LogP contribution in [0.25, 0.3) is 0 Å². The first-order valence-electron chi connectivity index (χ1n) is 7.15. The Labute approximate surface area is 125 Å². The summed E-state index contributed by atoms with van der Waals surface area (Å²) in [7, 11) is -3.38. The third-order valence-electron chi connectivity index (χ3n) is 4.06. The van der Waals surface area contributed by atoms with Crippen LogP contribution in [0.1, 0.15) is 38.0 Å². The van der Waals surface area contributed by atoms with Gasteiger partial charge in [-0.25, -0.2) is 8.42 Å². The smallest absolute Gasteiger partial charge is 0.252 e. The van der Waals surface area contributed by atoms with E-state index in [0.29, 0.717) is 34.0 Å². The highest BCUT2D eigenvalue weighted by atomic mass is 32.2. The van der Waals surface area contributed by atoms with Gasteiger partial charge in [0, 0.05) is 18.0 Å². The Hall–Kier alpha value is -0.430. The summed E-state index contributed by atoms with van der Waals surface area (Å²) in [5.41, 5.74) is 0. The molecule has 20 heavy (non-hydrogen) atoms. The molecule has 1 aliphatic rings. The Morgan fingerprint density at radius 3 is 2.70 bits per heavy atom. The van der Waals surface area contributed by atoms with Gasteiger partial charge in [-0.3, -0.25) is 0 Å². The fraction of sp³-hybridized carbons (Fsp3) is 0.714. The van der Waals surface area contributed by atoms with E-state index in [9.17, 15) is 8.42 Å². The van der Waals surface area contributed by atoms with Gasteiger partial charge < -0.3 is 5.11 Å². The number of aliphatic hydroxyl groups is 1. The summed E-state index contributed by atoms with van der Waals surface area (Å²) < 4.78 is 27.2. The molecule has 6 heteroatoms. The zero-order valence-corrected chi connectivity index (χ0v) is 13.7. The van der Waals surface area contributed by atoms with Crippen LogP contribution in [-0.4, -0.2) is 30.9 Å². The Balaban J connectivity index is 2.13. The molecule has 1 saturated heterocycles. The average molecular weight is 317 g/mol. The highest BCUT2D eigenvalue weighted by Crippen LogP contribution is 2.30. The molecule has 1 fully saturated rings. The molecule has 4 nitrogen and oxygen atoms in total. The van der Waals surface area contributed by atoms with Gasteiger partial charge in [0.15, 0.2) is 0 Å². The molecule has 114 valence electrons. The van der Waals surface area contributed by atoms with E-state index in [1.807, 2.05) is 0 Å². The topological polar surface area (TPSA) is 57.6 Å². The maximum absolute atomic E-state index is 12.6. The lowest BCUT2D eigenvalue weighted by molar-refractivity contribution is 0.285. The molecule has 2 rings (SSSR count). The lowest BCUT2D eigenvalue weighted by Crippen LogP contribution is -2.31. The third kappa shape index (κ3) is 3.42. The molecule has 1 aliphatic heterocycles. The summed E-state index contributed by atoms with van der Waals surface area (Å²) >= 11 is 1.17. The van der Waals surface area contributed by atoms with Crippen LogP contribution in [0.2, 0.25) is 0 Å². The molecule has 0 saturated carbocycles. The maximum Gasteiger partial charge on any atom is 0.252 e. The second-order valence-electron chi connectivity index (χ2n) is 5.72. The van der Waals surface area contributed by atoms with E-state index in [1.165, 1.54) is 11.3 Å². The van der Waals surface area contributed by atoms with Crippen molar-refractivity contribution in [2.75, 3.05) is 13.1 Å². The molecule has 0 amide bonds. The van der Waals surface area contributed by atoms with Crippen molar-refractivity contribution in [1.82, 2.24) is 4.31 Å². The number of rotatable bonds is 4. The van der Waals surface area contributed by atoms with Crippen LogP contribution in [0.3, 0.4) is 0 Å². The number of aliphatic hydroxyl groups excluding tert-OH is 1. The number of nitrogens with zero attached hydrogens (tertiary/aromatic N) is 1. The van der Waals surface area contributed by atoms with E-state index in [1.54, 1.807) is 16.4 Å². The second kappa shape index (κ2) is 6.56. The number of sulfonamides is 1. The normalized spacial score (nSPS) is 22.1.